The molecule has 1 atom stereocenters. The summed E-state index contributed by atoms with van der Waals surface area (Å²) in [5, 5.41) is 3.02. The second kappa shape index (κ2) is 5.84. The molecule has 0 bridgehead atoms. The number of rotatable bonds is 1. The first-order valence-corrected chi connectivity index (χ1v) is 9.25. The van der Waals surface area contributed by atoms with Gasteiger partial charge in [0.15, 0.2) is 0 Å². The third-order valence-corrected chi connectivity index (χ3v) is 6.10. The molecular weight excluding hydrogens is 316 g/mol. The lowest BCUT2D eigenvalue weighted by Crippen LogP contribution is -2.51. The first kappa shape index (κ1) is 16.6. The number of nitrogens with zero attached hydrogens (tertiary/aromatic N) is 1. The Kier molecular flexibility index (Phi) is 3.87. The Morgan fingerprint density at radius 3 is 2.68 bits per heavy atom. The van der Waals surface area contributed by atoms with Gasteiger partial charge in [-0.25, -0.2) is 0 Å². The summed E-state index contributed by atoms with van der Waals surface area (Å²) >= 11 is 0. The van der Waals surface area contributed by atoms with Crippen molar-refractivity contribution >= 4 is 17.5 Å². The first-order chi connectivity index (χ1) is 11.9. The van der Waals surface area contributed by atoms with E-state index in [-0.39, 0.29) is 23.3 Å². The molecule has 1 spiro atoms. The number of para-hydroxylation sites is 1. The fourth-order valence-electron chi connectivity index (χ4n) is 4.68. The maximum absolute atomic E-state index is 12.9. The summed E-state index contributed by atoms with van der Waals surface area (Å²) in [6.07, 6.45) is 2.98. The Balaban J connectivity index is 1.47. The van der Waals surface area contributed by atoms with Crippen LogP contribution in [0.1, 0.15) is 45.1 Å². The Bertz CT molecular complexity index is 705. The summed E-state index contributed by atoms with van der Waals surface area (Å²) in [5.41, 5.74) is 1.35. The van der Waals surface area contributed by atoms with Gasteiger partial charge in [-0.05, 0) is 51.2 Å². The predicted molar refractivity (Wildman–Crippen MR) is 95.3 cm³/mol. The SMILES string of the molecule is CC1(C)C[C@@H](C(=O)N2CCC3(CC2)C(=O)Nc2ccccc23)CCO1. The van der Waals surface area contributed by atoms with Crippen molar-refractivity contribution in [3.63, 3.8) is 0 Å². The highest BCUT2D eigenvalue weighted by molar-refractivity contribution is 6.06. The maximum atomic E-state index is 12.9. The molecule has 2 saturated heterocycles. The summed E-state index contributed by atoms with van der Waals surface area (Å²) < 4.78 is 5.74. The molecule has 0 saturated carbocycles. The minimum Gasteiger partial charge on any atom is -0.376 e. The van der Waals surface area contributed by atoms with Crippen LogP contribution in [0.5, 0.6) is 0 Å². The van der Waals surface area contributed by atoms with Gasteiger partial charge in [-0.2, -0.15) is 0 Å². The molecule has 2 amide bonds. The van der Waals surface area contributed by atoms with Gasteiger partial charge in [0, 0.05) is 31.3 Å². The van der Waals surface area contributed by atoms with Crippen LogP contribution >= 0.6 is 0 Å². The fraction of sp³-hybridized carbons (Fsp3) is 0.600. The van der Waals surface area contributed by atoms with Gasteiger partial charge in [0.2, 0.25) is 11.8 Å². The number of carbonyl (C=O) groups is 2. The molecule has 1 N–H and O–H groups in total. The van der Waals surface area contributed by atoms with Gasteiger partial charge in [-0.1, -0.05) is 18.2 Å². The molecule has 2 fully saturated rings. The Hall–Kier alpha value is -1.88. The Labute approximate surface area is 148 Å². The zero-order chi connectivity index (χ0) is 17.7. The van der Waals surface area contributed by atoms with Gasteiger partial charge in [-0.3, -0.25) is 9.59 Å². The number of ether oxygens (including phenoxy) is 1. The molecule has 4 rings (SSSR count). The third-order valence-electron chi connectivity index (χ3n) is 6.10. The third kappa shape index (κ3) is 2.74. The highest BCUT2D eigenvalue weighted by Crippen LogP contribution is 2.45. The fourth-order valence-corrected chi connectivity index (χ4v) is 4.68. The molecule has 1 aromatic rings. The van der Waals surface area contributed by atoms with Crippen molar-refractivity contribution in [1.29, 1.82) is 0 Å². The molecule has 25 heavy (non-hydrogen) atoms. The molecule has 3 heterocycles. The van der Waals surface area contributed by atoms with Crippen molar-refractivity contribution in [2.75, 3.05) is 25.0 Å². The van der Waals surface area contributed by atoms with E-state index in [1.54, 1.807) is 0 Å². The number of hydrogen-bond donors (Lipinski definition) is 1. The molecule has 0 radical (unpaired) electrons. The number of likely N-dealkylation sites (tertiary alicyclic amines) is 1. The zero-order valence-electron chi connectivity index (χ0n) is 15.0. The summed E-state index contributed by atoms with van der Waals surface area (Å²) in [7, 11) is 0. The van der Waals surface area contributed by atoms with Crippen LogP contribution in [0.4, 0.5) is 5.69 Å². The monoisotopic (exact) mass is 342 g/mol. The number of carbonyl (C=O) groups excluding carboxylic acids is 2. The van der Waals surface area contributed by atoms with E-state index in [1.807, 2.05) is 29.2 Å². The van der Waals surface area contributed by atoms with Crippen LogP contribution in [0.2, 0.25) is 0 Å². The largest absolute Gasteiger partial charge is 0.376 e. The standard InChI is InChI=1S/C20H26N2O3/c1-19(2)13-14(7-12-25-19)17(23)22-10-8-20(9-11-22)15-5-3-4-6-16(15)21-18(20)24/h3-6,14H,7-13H2,1-2H3,(H,21,24)/t14-/m0/s1. The van der Waals surface area contributed by atoms with Crippen LogP contribution in [-0.2, 0) is 19.7 Å². The Morgan fingerprint density at radius 1 is 1.24 bits per heavy atom. The lowest BCUT2D eigenvalue weighted by atomic mass is 9.73. The molecule has 1 aromatic carbocycles. The summed E-state index contributed by atoms with van der Waals surface area (Å²) in [6.45, 7) is 6.06. The Morgan fingerprint density at radius 2 is 1.96 bits per heavy atom. The summed E-state index contributed by atoms with van der Waals surface area (Å²) in [6, 6.07) is 7.95. The van der Waals surface area contributed by atoms with Gasteiger partial charge in [-0.15, -0.1) is 0 Å². The average molecular weight is 342 g/mol. The topological polar surface area (TPSA) is 58.6 Å². The van der Waals surface area contributed by atoms with Crippen molar-refractivity contribution in [3.05, 3.63) is 29.8 Å². The van der Waals surface area contributed by atoms with E-state index in [0.717, 1.165) is 24.1 Å². The smallest absolute Gasteiger partial charge is 0.235 e. The molecular formula is C20H26N2O3. The second-order valence-corrected chi connectivity index (χ2v) is 8.20. The molecule has 3 aliphatic rings. The van der Waals surface area contributed by atoms with Gasteiger partial charge in [0.05, 0.1) is 11.0 Å². The van der Waals surface area contributed by atoms with Crippen molar-refractivity contribution in [2.24, 2.45) is 5.92 Å². The van der Waals surface area contributed by atoms with E-state index in [4.69, 9.17) is 4.74 Å². The van der Waals surface area contributed by atoms with E-state index in [1.165, 1.54) is 0 Å². The van der Waals surface area contributed by atoms with Gasteiger partial charge in [0.1, 0.15) is 0 Å². The van der Waals surface area contributed by atoms with Crippen molar-refractivity contribution in [3.8, 4) is 0 Å². The number of hydrogen-bond acceptors (Lipinski definition) is 3. The molecule has 3 aliphatic heterocycles. The zero-order valence-corrected chi connectivity index (χ0v) is 15.0. The predicted octanol–water partition coefficient (Wildman–Crippen LogP) is 2.70. The van der Waals surface area contributed by atoms with E-state index in [9.17, 15) is 9.59 Å². The second-order valence-electron chi connectivity index (χ2n) is 8.20. The molecule has 0 unspecified atom stereocenters. The van der Waals surface area contributed by atoms with Crippen LogP contribution < -0.4 is 5.32 Å². The molecule has 134 valence electrons. The van der Waals surface area contributed by atoms with Crippen molar-refractivity contribution in [2.45, 2.75) is 50.5 Å². The molecule has 0 aromatic heterocycles. The van der Waals surface area contributed by atoms with Crippen LogP contribution in [0, 0.1) is 5.92 Å². The first-order valence-electron chi connectivity index (χ1n) is 9.25. The number of fused-ring (bicyclic) bond motifs is 2. The van der Waals surface area contributed by atoms with Crippen LogP contribution in [0.15, 0.2) is 24.3 Å². The lowest BCUT2D eigenvalue weighted by molar-refractivity contribution is -0.147. The van der Waals surface area contributed by atoms with E-state index in [2.05, 4.69) is 19.2 Å². The number of amides is 2. The van der Waals surface area contributed by atoms with Gasteiger partial charge >= 0.3 is 0 Å². The van der Waals surface area contributed by atoms with E-state index < -0.39 is 5.41 Å². The highest BCUT2D eigenvalue weighted by atomic mass is 16.5. The van der Waals surface area contributed by atoms with Crippen LogP contribution in [0.3, 0.4) is 0 Å². The quantitative estimate of drug-likeness (QED) is 0.854. The van der Waals surface area contributed by atoms with Crippen LogP contribution in [-0.4, -0.2) is 42.0 Å². The van der Waals surface area contributed by atoms with Gasteiger partial charge in [0.25, 0.3) is 0 Å². The maximum Gasteiger partial charge on any atom is 0.235 e. The van der Waals surface area contributed by atoms with Crippen LogP contribution in [0.25, 0.3) is 0 Å². The molecule has 0 aliphatic carbocycles. The summed E-state index contributed by atoms with van der Waals surface area (Å²) in [4.78, 5) is 27.5. The normalized spacial score (nSPS) is 27.0. The minimum absolute atomic E-state index is 0.0440. The lowest BCUT2D eigenvalue weighted by Gasteiger charge is -2.41. The minimum atomic E-state index is -0.456. The van der Waals surface area contributed by atoms with Crippen molar-refractivity contribution in [1.82, 2.24) is 4.90 Å². The van der Waals surface area contributed by atoms with E-state index >= 15 is 0 Å². The van der Waals surface area contributed by atoms with Gasteiger partial charge < -0.3 is 15.0 Å². The van der Waals surface area contributed by atoms with E-state index in [0.29, 0.717) is 32.5 Å². The molecule has 5 heteroatoms. The molecule has 5 nitrogen and oxygen atoms in total. The number of anilines is 1. The number of benzene rings is 1. The number of piperidine rings is 1. The summed E-state index contributed by atoms with van der Waals surface area (Å²) in [5.74, 6) is 0.369. The average Bonchev–Trinajstić information content (AvgIpc) is 2.86. The number of nitrogens with one attached hydrogen (secondary N) is 1. The highest BCUT2D eigenvalue weighted by Gasteiger charge is 2.49. The van der Waals surface area contributed by atoms with Crippen molar-refractivity contribution < 1.29 is 14.3 Å².